The second-order valence-electron chi connectivity index (χ2n) is 6.36. The standard InChI is InChI=1S/C20H16FN3O5S/c1-11-3-4-12(6-17(11)21)5-16-10-22-20(30-16)23-18(25)13-7-14(19(26)29-2)9-15(8-13)24(27)28/h3-4,6-10H,5H2,1-2H3,(H,22,23,25). The van der Waals surface area contributed by atoms with Gasteiger partial charge >= 0.3 is 5.97 Å². The number of methoxy groups -OCH3 is 1. The third-order valence-corrected chi connectivity index (χ3v) is 5.11. The first-order chi connectivity index (χ1) is 14.3. The van der Waals surface area contributed by atoms with E-state index < -0.39 is 22.5 Å². The molecule has 0 saturated carbocycles. The van der Waals surface area contributed by atoms with Crippen LogP contribution >= 0.6 is 11.3 Å². The van der Waals surface area contributed by atoms with Crippen molar-refractivity contribution in [2.24, 2.45) is 0 Å². The Labute approximate surface area is 174 Å². The van der Waals surface area contributed by atoms with Crippen LogP contribution in [0.2, 0.25) is 0 Å². The lowest BCUT2D eigenvalue weighted by atomic mass is 10.1. The van der Waals surface area contributed by atoms with Crippen molar-refractivity contribution in [1.29, 1.82) is 0 Å². The molecule has 1 aromatic heterocycles. The second-order valence-corrected chi connectivity index (χ2v) is 7.48. The Kier molecular flexibility index (Phi) is 6.17. The van der Waals surface area contributed by atoms with E-state index in [9.17, 15) is 24.1 Å². The highest BCUT2D eigenvalue weighted by Gasteiger charge is 2.19. The van der Waals surface area contributed by atoms with Gasteiger partial charge in [0.2, 0.25) is 0 Å². The number of hydrogen-bond donors (Lipinski definition) is 1. The molecule has 30 heavy (non-hydrogen) atoms. The van der Waals surface area contributed by atoms with Gasteiger partial charge in [-0.2, -0.15) is 0 Å². The van der Waals surface area contributed by atoms with Crippen molar-refractivity contribution in [3.63, 3.8) is 0 Å². The summed E-state index contributed by atoms with van der Waals surface area (Å²) in [5, 5.41) is 13.9. The van der Waals surface area contributed by atoms with Gasteiger partial charge in [0, 0.05) is 35.2 Å². The molecule has 0 fully saturated rings. The summed E-state index contributed by atoms with van der Waals surface area (Å²) in [6.45, 7) is 1.68. The Morgan fingerprint density at radius 3 is 2.63 bits per heavy atom. The van der Waals surface area contributed by atoms with E-state index in [-0.39, 0.29) is 22.1 Å². The number of carbonyl (C=O) groups excluding carboxylic acids is 2. The molecule has 8 nitrogen and oxygen atoms in total. The minimum atomic E-state index is -0.797. The lowest BCUT2D eigenvalue weighted by Gasteiger charge is -2.05. The van der Waals surface area contributed by atoms with E-state index in [1.807, 2.05) is 6.07 Å². The molecule has 0 atom stereocenters. The summed E-state index contributed by atoms with van der Waals surface area (Å²) >= 11 is 1.20. The number of aryl methyl sites for hydroxylation is 1. The van der Waals surface area contributed by atoms with Crippen LogP contribution in [0.3, 0.4) is 0 Å². The lowest BCUT2D eigenvalue weighted by Crippen LogP contribution is -2.13. The fraction of sp³-hybridized carbons (Fsp3) is 0.150. The number of amides is 1. The molecule has 0 unspecified atom stereocenters. The zero-order valence-corrected chi connectivity index (χ0v) is 16.8. The molecule has 3 rings (SSSR count). The molecule has 1 heterocycles. The molecule has 1 amide bonds. The summed E-state index contributed by atoms with van der Waals surface area (Å²) in [7, 11) is 1.14. The van der Waals surface area contributed by atoms with Crippen molar-refractivity contribution >= 4 is 34.0 Å². The quantitative estimate of drug-likeness (QED) is 0.358. The average Bonchev–Trinajstić information content (AvgIpc) is 3.16. The van der Waals surface area contributed by atoms with E-state index in [2.05, 4.69) is 15.0 Å². The van der Waals surface area contributed by atoms with Gasteiger partial charge in [-0.15, -0.1) is 11.3 Å². The molecular weight excluding hydrogens is 413 g/mol. The zero-order valence-electron chi connectivity index (χ0n) is 16.0. The van der Waals surface area contributed by atoms with Gasteiger partial charge in [-0.1, -0.05) is 12.1 Å². The Hall–Kier alpha value is -3.66. The third-order valence-electron chi connectivity index (χ3n) is 4.20. The molecule has 0 saturated heterocycles. The van der Waals surface area contributed by atoms with Crippen molar-refractivity contribution in [1.82, 2.24) is 4.98 Å². The molecule has 0 spiro atoms. The van der Waals surface area contributed by atoms with E-state index in [1.54, 1.807) is 19.2 Å². The van der Waals surface area contributed by atoms with Crippen molar-refractivity contribution in [3.05, 3.63) is 85.7 Å². The predicted molar refractivity (Wildman–Crippen MR) is 108 cm³/mol. The predicted octanol–water partition coefficient (Wildman–Crippen LogP) is 4.13. The van der Waals surface area contributed by atoms with Crippen LogP contribution in [-0.2, 0) is 11.2 Å². The second kappa shape index (κ2) is 8.78. The van der Waals surface area contributed by atoms with Gasteiger partial charge in [0.15, 0.2) is 5.13 Å². The SMILES string of the molecule is COC(=O)c1cc(C(=O)Nc2ncc(Cc3ccc(C)c(F)c3)s2)cc([N+](=O)[O-])c1. The van der Waals surface area contributed by atoms with Gasteiger partial charge in [0.05, 0.1) is 17.6 Å². The number of nitro groups is 1. The summed E-state index contributed by atoms with van der Waals surface area (Å²) < 4.78 is 18.3. The molecule has 2 aromatic carbocycles. The highest BCUT2D eigenvalue weighted by molar-refractivity contribution is 7.15. The van der Waals surface area contributed by atoms with Crippen LogP contribution in [0.1, 0.15) is 36.7 Å². The van der Waals surface area contributed by atoms with E-state index in [1.165, 1.54) is 23.5 Å². The number of thiazole rings is 1. The van der Waals surface area contributed by atoms with E-state index in [0.717, 1.165) is 29.7 Å². The number of halogens is 1. The van der Waals surface area contributed by atoms with Gasteiger partial charge < -0.3 is 4.74 Å². The number of rotatable bonds is 6. The van der Waals surface area contributed by atoms with Gasteiger partial charge in [0.1, 0.15) is 5.82 Å². The normalized spacial score (nSPS) is 10.5. The van der Waals surface area contributed by atoms with Crippen LogP contribution in [0.25, 0.3) is 0 Å². The first kappa shape index (κ1) is 21.1. The molecule has 10 heteroatoms. The molecule has 0 bridgehead atoms. The minimum Gasteiger partial charge on any atom is -0.465 e. The number of ether oxygens (including phenoxy) is 1. The maximum Gasteiger partial charge on any atom is 0.338 e. The smallest absolute Gasteiger partial charge is 0.338 e. The maximum absolute atomic E-state index is 13.7. The highest BCUT2D eigenvalue weighted by Crippen LogP contribution is 2.24. The summed E-state index contributed by atoms with van der Waals surface area (Å²) in [6.07, 6.45) is 2.00. The van der Waals surface area contributed by atoms with Crippen molar-refractivity contribution < 1.29 is 23.6 Å². The largest absolute Gasteiger partial charge is 0.465 e. The molecule has 0 radical (unpaired) electrons. The molecule has 0 aliphatic carbocycles. The van der Waals surface area contributed by atoms with E-state index in [0.29, 0.717) is 12.0 Å². The van der Waals surface area contributed by atoms with Crippen LogP contribution in [0.5, 0.6) is 0 Å². The van der Waals surface area contributed by atoms with E-state index >= 15 is 0 Å². The number of anilines is 1. The van der Waals surface area contributed by atoms with Crippen LogP contribution < -0.4 is 5.32 Å². The molecular formula is C20H16FN3O5S. The topological polar surface area (TPSA) is 111 Å². The van der Waals surface area contributed by atoms with Crippen LogP contribution in [0, 0.1) is 22.9 Å². The van der Waals surface area contributed by atoms with E-state index in [4.69, 9.17) is 0 Å². The van der Waals surface area contributed by atoms with Crippen LogP contribution in [-0.4, -0.2) is 28.9 Å². The fourth-order valence-electron chi connectivity index (χ4n) is 2.65. The van der Waals surface area contributed by atoms with Crippen molar-refractivity contribution in [2.45, 2.75) is 13.3 Å². The highest BCUT2D eigenvalue weighted by atomic mass is 32.1. The number of nitro benzene ring substituents is 1. The number of nitrogens with one attached hydrogen (secondary N) is 1. The summed E-state index contributed by atoms with van der Waals surface area (Å²) in [4.78, 5) is 39.6. The fourth-order valence-corrected chi connectivity index (χ4v) is 3.49. The third kappa shape index (κ3) is 4.84. The summed E-state index contributed by atoms with van der Waals surface area (Å²) in [5.41, 5.74) is 0.713. The molecule has 154 valence electrons. The zero-order chi connectivity index (χ0) is 21.8. The summed E-state index contributed by atoms with van der Waals surface area (Å²) in [6, 6.07) is 8.25. The van der Waals surface area contributed by atoms with Crippen LogP contribution in [0.4, 0.5) is 15.2 Å². The Morgan fingerprint density at radius 1 is 1.23 bits per heavy atom. The number of aromatic nitrogens is 1. The maximum atomic E-state index is 13.7. The summed E-state index contributed by atoms with van der Waals surface area (Å²) in [5.74, 6) is -1.75. The van der Waals surface area contributed by atoms with Crippen molar-refractivity contribution in [2.75, 3.05) is 12.4 Å². The number of benzene rings is 2. The van der Waals surface area contributed by atoms with Gasteiger partial charge in [-0.3, -0.25) is 20.2 Å². The molecule has 0 aliphatic heterocycles. The lowest BCUT2D eigenvalue weighted by molar-refractivity contribution is -0.384. The van der Waals surface area contributed by atoms with Gasteiger partial charge in [0.25, 0.3) is 11.6 Å². The number of hydrogen-bond acceptors (Lipinski definition) is 7. The number of carbonyl (C=O) groups is 2. The number of esters is 1. The molecule has 0 aliphatic rings. The van der Waals surface area contributed by atoms with Crippen molar-refractivity contribution in [3.8, 4) is 0 Å². The van der Waals surface area contributed by atoms with Crippen LogP contribution in [0.15, 0.2) is 42.6 Å². The monoisotopic (exact) mass is 429 g/mol. The Bertz CT molecular complexity index is 1150. The Balaban J connectivity index is 1.78. The molecule has 3 aromatic rings. The number of nitrogens with zero attached hydrogens (tertiary/aromatic N) is 2. The first-order valence-electron chi connectivity index (χ1n) is 8.65. The Morgan fingerprint density at radius 2 is 1.97 bits per heavy atom. The minimum absolute atomic E-state index is 0.0815. The molecule has 1 N–H and O–H groups in total. The first-order valence-corrected chi connectivity index (χ1v) is 9.47. The average molecular weight is 429 g/mol. The van der Waals surface area contributed by atoms with Gasteiger partial charge in [-0.25, -0.2) is 14.2 Å². The number of non-ortho nitro benzene ring substituents is 1. The van der Waals surface area contributed by atoms with Gasteiger partial charge in [-0.05, 0) is 30.2 Å².